The van der Waals surface area contributed by atoms with Gasteiger partial charge in [-0.15, -0.1) is 24.0 Å². The molecule has 6 nitrogen and oxygen atoms in total. The largest absolute Gasteiger partial charge is 0.370 e. The molecule has 0 aromatic heterocycles. The summed E-state index contributed by atoms with van der Waals surface area (Å²) in [6, 6.07) is 6.67. The Hall–Kier alpha value is -1.64. The first kappa shape index (κ1) is 20.4. The van der Waals surface area contributed by atoms with E-state index in [0.717, 1.165) is 36.9 Å². The molecule has 0 bridgehead atoms. The maximum atomic E-state index is 10.5. The van der Waals surface area contributed by atoms with Gasteiger partial charge in [-0.2, -0.15) is 0 Å². The highest BCUT2D eigenvalue weighted by Crippen LogP contribution is 2.13. The molecular weight excluding hydrogens is 395 g/mol. The summed E-state index contributed by atoms with van der Waals surface area (Å²) >= 11 is 0. The van der Waals surface area contributed by atoms with Gasteiger partial charge in [0.05, 0.1) is 11.5 Å². The summed E-state index contributed by atoms with van der Waals surface area (Å²) in [6.07, 6.45) is 2.83. The monoisotopic (exact) mass is 418 g/mol. The second-order valence-corrected chi connectivity index (χ2v) is 4.97. The summed E-state index contributed by atoms with van der Waals surface area (Å²) in [5.41, 5.74) is 7.89. The van der Waals surface area contributed by atoms with Crippen molar-refractivity contribution in [2.45, 2.75) is 26.2 Å². The zero-order valence-corrected chi connectivity index (χ0v) is 15.1. The lowest BCUT2D eigenvalue weighted by Gasteiger charge is -2.05. The van der Waals surface area contributed by atoms with Crippen LogP contribution in [0, 0.1) is 10.1 Å². The van der Waals surface area contributed by atoms with Gasteiger partial charge >= 0.3 is 0 Å². The van der Waals surface area contributed by atoms with Crippen molar-refractivity contribution in [3.63, 3.8) is 0 Å². The highest BCUT2D eigenvalue weighted by atomic mass is 127. The van der Waals surface area contributed by atoms with E-state index in [9.17, 15) is 10.1 Å². The zero-order chi connectivity index (χ0) is 15.7. The molecule has 122 valence electrons. The number of unbranched alkanes of at least 4 members (excludes halogenated alkanes) is 1. The van der Waals surface area contributed by atoms with Gasteiger partial charge in [0.25, 0.3) is 5.69 Å². The van der Waals surface area contributed by atoms with E-state index in [1.54, 1.807) is 12.1 Å². The molecule has 0 fully saturated rings. The molecule has 22 heavy (non-hydrogen) atoms. The van der Waals surface area contributed by atoms with E-state index in [-0.39, 0.29) is 34.6 Å². The predicted octanol–water partition coefficient (Wildman–Crippen LogP) is 3.02. The first-order valence-electron chi connectivity index (χ1n) is 6.90. The summed E-state index contributed by atoms with van der Waals surface area (Å²) in [5, 5.41) is 13.6. The molecule has 0 saturated heterocycles. The fourth-order valence-electron chi connectivity index (χ4n) is 1.73. The van der Waals surface area contributed by atoms with Crippen molar-refractivity contribution in [3.8, 4) is 0 Å². The average Bonchev–Trinajstić information content (AvgIpc) is 2.45. The van der Waals surface area contributed by atoms with Crippen LogP contribution < -0.4 is 11.1 Å². The second kappa shape index (κ2) is 11.0. The first-order chi connectivity index (χ1) is 9.99. The van der Waals surface area contributed by atoms with E-state index >= 15 is 0 Å². The Kier molecular flexibility index (Phi) is 10.2. The van der Waals surface area contributed by atoms with Crippen LogP contribution in [0.1, 0.15) is 25.3 Å². The Labute approximate surface area is 148 Å². The van der Waals surface area contributed by atoms with Crippen LogP contribution in [0.5, 0.6) is 0 Å². The number of nitrogens with two attached hydrogens (primary N) is 1. The minimum absolute atomic E-state index is 0. The van der Waals surface area contributed by atoms with E-state index in [1.807, 2.05) is 6.92 Å². The lowest BCUT2D eigenvalue weighted by atomic mass is 10.1. The van der Waals surface area contributed by atoms with E-state index in [4.69, 9.17) is 5.73 Å². The fraction of sp³-hybridized carbons (Fsp3) is 0.400. The summed E-state index contributed by atoms with van der Waals surface area (Å²) in [5.74, 6) is 0.438. The van der Waals surface area contributed by atoms with E-state index < -0.39 is 0 Å². The minimum atomic E-state index is -0.388. The van der Waals surface area contributed by atoms with Crippen LogP contribution in [-0.4, -0.2) is 24.0 Å². The van der Waals surface area contributed by atoms with Crippen LogP contribution in [0.25, 0.3) is 0 Å². The first-order valence-corrected chi connectivity index (χ1v) is 6.90. The summed E-state index contributed by atoms with van der Waals surface area (Å²) in [4.78, 5) is 14.3. The summed E-state index contributed by atoms with van der Waals surface area (Å²) in [6.45, 7) is 6.96. The van der Waals surface area contributed by atoms with E-state index in [0.29, 0.717) is 12.5 Å². The third kappa shape index (κ3) is 8.60. The molecule has 1 aromatic rings. The molecule has 7 heteroatoms. The highest BCUT2D eigenvalue weighted by molar-refractivity contribution is 14.0. The number of hydrogen-bond acceptors (Lipinski definition) is 3. The van der Waals surface area contributed by atoms with Crippen LogP contribution in [-0.2, 0) is 6.42 Å². The number of rotatable bonds is 8. The molecule has 0 aliphatic heterocycles. The molecule has 0 aliphatic rings. The predicted molar refractivity (Wildman–Crippen MR) is 101 cm³/mol. The van der Waals surface area contributed by atoms with Crippen LogP contribution in [0.15, 0.2) is 41.4 Å². The van der Waals surface area contributed by atoms with E-state index in [2.05, 4.69) is 16.9 Å². The molecule has 0 aliphatic carbocycles. The maximum Gasteiger partial charge on any atom is 0.269 e. The number of nitrogens with one attached hydrogen (secondary N) is 1. The van der Waals surface area contributed by atoms with Gasteiger partial charge in [0.2, 0.25) is 0 Å². The molecule has 0 amide bonds. The Morgan fingerprint density at radius 1 is 1.36 bits per heavy atom. The van der Waals surface area contributed by atoms with Gasteiger partial charge in [-0.3, -0.25) is 10.1 Å². The van der Waals surface area contributed by atoms with Crippen molar-refractivity contribution in [1.82, 2.24) is 5.32 Å². The van der Waals surface area contributed by atoms with Gasteiger partial charge in [-0.05, 0) is 31.7 Å². The number of aliphatic imine (C=N–C) groups is 1. The van der Waals surface area contributed by atoms with Gasteiger partial charge in [-0.25, -0.2) is 4.99 Å². The minimum Gasteiger partial charge on any atom is -0.370 e. The van der Waals surface area contributed by atoms with Gasteiger partial charge in [0, 0.05) is 18.7 Å². The highest BCUT2D eigenvalue weighted by Gasteiger charge is 2.03. The van der Waals surface area contributed by atoms with Gasteiger partial charge in [0.1, 0.15) is 0 Å². The van der Waals surface area contributed by atoms with Gasteiger partial charge in [-0.1, -0.05) is 24.3 Å². The molecule has 0 atom stereocenters. The molecule has 0 unspecified atom stereocenters. The van der Waals surface area contributed by atoms with Crippen molar-refractivity contribution in [3.05, 3.63) is 52.1 Å². The number of halogens is 1. The number of nitro groups is 1. The van der Waals surface area contributed by atoms with Crippen molar-refractivity contribution in [2.75, 3.05) is 13.1 Å². The Bertz CT molecular complexity index is 515. The number of hydrogen-bond donors (Lipinski definition) is 2. The van der Waals surface area contributed by atoms with Gasteiger partial charge < -0.3 is 11.1 Å². The van der Waals surface area contributed by atoms with Crippen LogP contribution in [0.3, 0.4) is 0 Å². The Balaban J connectivity index is 0.00000441. The smallest absolute Gasteiger partial charge is 0.269 e. The quantitative estimate of drug-likeness (QED) is 0.129. The van der Waals surface area contributed by atoms with Crippen LogP contribution >= 0.6 is 24.0 Å². The third-order valence-electron chi connectivity index (χ3n) is 2.86. The molecule has 3 N–H and O–H groups in total. The van der Waals surface area contributed by atoms with Gasteiger partial charge in [0.15, 0.2) is 5.96 Å². The lowest BCUT2D eigenvalue weighted by molar-refractivity contribution is -0.384. The normalized spacial score (nSPS) is 10.7. The molecule has 0 radical (unpaired) electrons. The Morgan fingerprint density at radius 2 is 2.00 bits per heavy atom. The molecule has 1 rings (SSSR count). The Morgan fingerprint density at radius 3 is 2.55 bits per heavy atom. The third-order valence-corrected chi connectivity index (χ3v) is 2.86. The number of nitro benzene ring substituents is 1. The van der Waals surface area contributed by atoms with Crippen LogP contribution in [0.2, 0.25) is 0 Å². The number of aryl methyl sites for hydroxylation is 1. The SMILES string of the molecule is C=C(C)CN=C(N)NCCCCc1ccc([N+](=O)[O-])cc1.I. The van der Waals surface area contributed by atoms with Crippen molar-refractivity contribution in [2.24, 2.45) is 10.7 Å². The second-order valence-electron chi connectivity index (χ2n) is 4.97. The maximum absolute atomic E-state index is 10.5. The zero-order valence-electron chi connectivity index (χ0n) is 12.7. The number of nitrogens with zero attached hydrogens (tertiary/aromatic N) is 2. The average molecular weight is 418 g/mol. The van der Waals surface area contributed by atoms with Crippen molar-refractivity contribution < 1.29 is 4.92 Å². The van der Waals surface area contributed by atoms with E-state index in [1.165, 1.54) is 12.1 Å². The number of guanidine groups is 1. The van der Waals surface area contributed by atoms with Crippen molar-refractivity contribution in [1.29, 1.82) is 0 Å². The summed E-state index contributed by atoms with van der Waals surface area (Å²) < 4.78 is 0. The molecule has 0 saturated carbocycles. The van der Waals surface area contributed by atoms with Crippen molar-refractivity contribution >= 4 is 35.6 Å². The fourth-order valence-corrected chi connectivity index (χ4v) is 1.73. The molecule has 1 aromatic carbocycles. The number of benzene rings is 1. The summed E-state index contributed by atoms with van der Waals surface area (Å²) in [7, 11) is 0. The van der Waals surface area contributed by atoms with Crippen LogP contribution in [0.4, 0.5) is 5.69 Å². The molecule has 0 spiro atoms. The topological polar surface area (TPSA) is 93.5 Å². The lowest BCUT2D eigenvalue weighted by Crippen LogP contribution is -2.32. The molecule has 0 heterocycles. The standard InChI is InChI=1S/C15H22N4O2.HI/c1-12(2)11-18-15(16)17-10-4-3-5-13-6-8-14(9-7-13)19(20)21;/h6-9H,1,3-5,10-11H2,2H3,(H3,16,17,18);1H. The number of non-ortho nitro benzene ring substituents is 1. The molecular formula is C15H23IN4O2.